The zero-order valence-electron chi connectivity index (χ0n) is 16.6. The van der Waals surface area contributed by atoms with Crippen LogP contribution in [0.3, 0.4) is 0 Å². The van der Waals surface area contributed by atoms with E-state index >= 15 is 0 Å². The fourth-order valence-corrected chi connectivity index (χ4v) is 6.08. The highest BCUT2D eigenvalue weighted by Gasteiger charge is 2.47. The van der Waals surface area contributed by atoms with Gasteiger partial charge in [-0.3, -0.25) is 0 Å². The third-order valence-corrected chi connectivity index (χ3v) is 7.56. The van der Waals surface area contributed by atoms with Crippen LogP contribution in [-0.2, 0) is 14.8 Å². The van der Waals surface area contributed by atoms with Crippen molar-refractivity contribution in [2.45, 2.75) is 56.2 Å². The molecule has 0 radical (unpaired) electrons. The second-order valence-corrected chi connectivity index (χ2v) is 10.3. The Morgan fingerprint density at radius 2 is 1.90 bits per heavy atom. The first-order valence-corrected chi connectivity index (χ1v) is 12.1. The Balaban J connectivity index is 1.38. The van der Waals surface area contributed by atoms with E-state index in [9.17, 15) is 17.6 Å². The molecule has 160 valence electrons. The summed E-state index contributed by atoms with van der Waals surface area (Å²) in [6, 6.07) is 5.87. The number of nitrogens with one attached hydrogen (secondary N) is 1. The summed E-state index contributed by atoms with van der Waals surface area (Å²) in [6.07, 6.45) is 5.83. The first-order valence-electron chi connectivity index (χ1n) is 10.2. The largest absolute Gasteiger partial charge is 0.375 e. The lowest BCUT2D eigenvalue weighted by atomic mass is 9.82. The molecular weight excluding hydrogens is 397 g/mol. The summed E-state index contributed by atoms with van der Waals surface area (Å²) in [7, 11) is -3.25. The number of nitrogens with zero attached hydrogens (tertiary/aromatic N) is 2. The van der Waals surface area contributed by atoms with Crippen molar-refractivity contribution in [1.29, 1.82) is 0 Å². The minimum Gasteiger partial charge on any atom is -0.375 e. The van der Waals surface area contributed by atoms with Crippen LogP contribution in [0.15, 0.2) is 24.3 Å². The van der Waals surface area contributed by atoms with E-state index in [1.165, 1.54) is 18.4 Å². The fourth-order valence-electron chi connectivity index (χ4n) is 4.61. The monoisotopic (exact) mass is 425 g/mol. The Morgan fingerprint density at radius 3 is 2.52 bits per heavy atom. The van der Waals surface area contributed by atoms with Gasteiger partial charge in [0.1, 0.15) is 5.82 Å². The van der Waals surface area contributed by atoms with Gasteiger partial charge in [0.05, 0.1) is 17.5 Å². The number of sulfonamides is 1. The van der Waals surface area contributed by atoms with Gasteiger partial charge >= 0.3 is 6.03 Å². The predicted molar refractivity (Wildman–Crippen MR) is 108 cm³/mol. The molecule has 1 aromatic carbocycles. The van der Waals surface area contributed by atoms with E-state index < -0.39 is 21.4 Å². The molecule has 2 amide bonds. The Hall–Kier alpha value is -1.71. The lowest BCUT2D eigenvalue weighted by Crippen LogP contribution is -2.56. The van der Waals surface area contributed by atoms with Gasteiger partial charge in [-0.1, -0.05) is 12.1 Å². The predicted octanol–water partition coefficient (Wildman–Crippen LogP) is 2.80. The Labute approximate surface area is 171 Å². The zero-order valence-corrected chi connectivity index (χ0v) is 17.5. The molecule has 9 heteroatoms. The number of ether oxygens (including phenoxy) is 1. The molecule has 7 nitrogen and oxygen atoms in total. The molecule has 29 heavy (non-hydrogen) atoms. The number of para-hydroxylation sites is 1. The quantitative estimate of drug-likeness (QED) is 0.805. The van der Waals surface area contributed by atoms with Crippen molar-refractivity contribution in [1.82, 2.24) is 9.21 Å². The number of urea groups is 1. The third-order valence-electron chi connectivity index (χ3n) is 6.19. The van der Waals surface area contributed by atoms with Gasteiger partial charge in [0.2, 0.25) is 10.0 Å². The second kappa shape index (κ2) is 7.85. The molecule has 0 bridgehead atoms. The molecule has 1 spiro atoms. The summed E-state index contributed by atoms with van der Waals surface area (Å²) in [4.78, 5) is 14.2. The van der Waals surface area contributed by atoms with Crippen LogP contribution in [0.4, 0.5) is 14.9 Å². The van der Waals surface area contributed by atoms with Crippen molar-refractivity contribution >= 4 is 21.7 Å². The minimum atomic E-state index is -3.25. The topological polar surface area (TPSA) is 79.0 Å². The number of rotatable bonds is 4. The number of carbonyl (C=O) groups excluding carboxylic acids is 1. The average Bonchev–Trinajstić information content (AvgIpc) is 3.48. The molecular formula is C20H28FN3O4S. The normalized spacial score (nSPS) is 24.7. The highest BCUT2D eigenvalue weighted by molar-refractivity contribution is 7.88. The molecule has 1 aromatic rings. The van der Waals surface area contributed by atoms with Crippen molar-refractivity contribution in [3.05, 3.63) is 30.1 Å². The van der Waals surface area contributed by atoms with Gasteiger partial charge < -0.3 is 15.0 Å². The summed E-state index contributed by atoms with van der Waals surface area (Å²) in [5.41, 5.74) is -0.227. The van der Waals surface area contributed by atoms with Crippen LogP contribution in [0.25, 0.3) is 0 Å². The average molecular weight is 426 g/mol. The number of amides is 2. The smallest absolute Gasteiger partial charge is 0.321 e. The number of halogens is 1. The molecule has 0 aromatic heterocycles. The number of anilines is 1. The first kappa shape index (κ1) is 20.6. The molecule has 1 atom stereocenters. The van der Waals surface area contributed by atoms with E-state index in [4.69, 9.17) is 4.74 Å². The summed E-state index contributed by atoms with van der Waals surface area (Å²) in [5, 5.41) is 2.62. The molecule has 2 heterocycles. The van der Waals surface area contributed by atoms with Crippen LogP contribution in [0.1, 0.15) is 38.5 Å². The first-order chi connectivity index (χ1) is 13.8. The summed E-state index contributed by atoms with van der Waals surface area (Å²) in [5.74, 6) is -0.464. The van der Waals surface area contributed by atoms with Crippen LogP contribution in [0.2, 0.25) is 0 Å². The molecule has 3 fully saturated rings. The van der Waals surface area contributed by atoms with Crippen LogP contribution >= 0.6 is 0 Å². The minimum absolute atomic E-state index is 0.0370. The van der Waals surface area contributed by atoms with Crippen molar-refractivity contribution in [2.75, 3.05) is 31.3 Å². The molecule has 1 N–H and O–H groups in total. The SMILES string of the molecule is CS(=O)(=O)N(C1CC1)C1CCOC2(CCN(C(=O)Nc3ccccc3F)CC2)C1. The highest BCUT2D eigenvalue weighted by atomic mass is 32.2. The maximum absolute atomic E-state index is 13.8. The number of hydrogen-bond acceptors (Lipinski definition) is 4. The summed E-state index contributed by atoms with van der Waals surface area (Å²) in [6.45, 7) is 1.52. The number of hydrogen-bond donors (Lipinski definition) is 1. The molecule has 1 unspecified atom stereocenters. The van der Waals surface area contributed by atoms with Crippen molar-refractivity contribution in [3.63, 3.8) is 0 Å². The van der Waals surface area contributed by atoms with Crippen molar-refractivity contribution in [2.24, 2.45) is 0 Å². The lowest BCUT2D eigenvalue weighted by molar-refractivity contribution is -0.122. The van der Waals surface area contributed by atoms with Gasteiger partial charge in [0, 0.05) is 31.8 Å². The van der Waals surface area contributed by atoms with E-state index in [1.54, 1.807) is 21.3 Å². The lowest BCUT2D eigenvalue weighted by Gasteiger charge is -2.48. The van der Waals surface area contributed by atoms with Crippen LogP contribution in [0, 0.1) is 5.82 Å². The standard InChI is InChI=1S/C20H28FN3O4S/c1-29(26,27)24(15-6-7-15)16-8-13-28-20(14-16)9-11-23(12-10-20)19(25)22-18-5-3-2-4-17(18)21/h2-5,15-16H,6-14H2,1H3,(H,22,25). The van der Waals surface area contributed by atoms with Crippen LogP contribution in [-0.4, -0.2) is 67.3 Å². The van der Waals surface area contributed by atoms with Crippen LogP contribution in [0.5, 0.6) is 0 Å². The summed E-state index contributed by atoms with van der Waals surface area (Å²) >= 11 is 0. The fraction of sp³-hybridized carbons (Fsp3) is 0.650. The molecule has 3 aliphatic rings. The van der Waals surface area contributed by atoms with Crippen molar-refractivity contribution < 1.29 is 22.3 Å². The highest BCUT2D eigenvalue weighted by Crippen LogP contribution is 2.41. The molecule has 4 rings (SSSR count). The molecule has 2 saturated heterocycles. The second-order valence-electron chi connectivity index (χ2n) is 8.40. The van der Waals surface area contributed by atoms with E-state index in [2.05, 4.69) is 5.32 Å². The number of likely N-dealkylation sites (tertiary alicyclic amines) is 1. The van der Waals surface area contributed by atoms with E-state index in [1.807, 2.05) is 0 Å². The molecule has 2 aliphatic heterocycles. The maximum Gasteiger partial charge on any atom is 0.321 e. The Kier molecular flexibility index (Phi) is 5.56. The van der Waals surface area contributed by atoms with E-state index in [-0.39, 0.29) is 23.8 Å². The maximum atomic E-state index is 13.8. The Morgan fingerprint density at radius 1 is 1.21 bits per heavy atom. The van der Waals surface area contributed by atoms with Gasteiger partial charge in [-0.15, -0.1) is 0 Å². The van der Waals surface area contributed by atoms with Gasteiger partial charge in [-0.25, -0.2) is 17.6 Å². The van der Waals surface area contributed by atoms with E-state index in [0.29, 0.717) is 45.4 Å². The Bertz CT molecular complexity index is 866. The molecule has 1 saturated carbocycles. The van der Waals surface area contributed by atoms with Gasteiger partial charge in [0.15, 0.2) is 0 Å². The van der Waals surface area contributed by atoms with Gasteiger partial charge in [0.25, 0.3) is 0 Å². The number of carbonyl (C=O) groups is 1. The van der Waals surface area contributed by atoms with Crippen molar-refractivity contribution in [3.8, 4) is 0 Å². The zero-order chi connectivity index (χ0) is 20.6. The van der Waals surface area contributed by atoms with Gasteiger partial charge in [-0.05, 0) is 50.7 Å². The number of benzene rings is 1. The van der Waals surface area contributed by atoms with E-state index in [0.717, 1.165) is 12.8 Å². The number of piperidine rings is 1. The third kappa shape index (κ3) is 4.57. The van der Waals surface area contributed by atoms with Crippen LogP contribution < -0.4 is 5.32 Å². The molecule has 1 aliphatic carbocycles. The van der Waals surface area contributed by atoms with Gasteiger partial charge in [-0.2, -0.15) is 4.31 Å². The summed E-state index contributed by atoms with van der Waals surface area (Å²) < 4.78 is 46.2.